The molecule has 5 heteroatoms. The molecule has 2 heterocycles. The Morgan fingerprint density at radius 2 is 1.56 bits per heavy atom. The second-order valence-corrected chi connectivity index (χ2v) is 5.93. The van der Waals surface area contributed by atoms with Crippen LogP contribution in [0.5, 0.6) is 0 Å². The minimum atomic E-state index is 0.215. The van der Waals surface area contributed by atoms with Crippen LogP contribution in [0.2, 0.25) is 0 Å². The fourth-order valence-corrected chi connectivity index (χ4v) is 3.05. The number of anilines is 1. The zero-order valence-corrected chi connectivity index (χ0v) is 13.9. The van der Waals surface area contributed by atoms with Crippen molar-refractivity contribution in [3.63, 3.8) is 0 Å². The molecule has 4 aromatic rings. The van der Waals surface area contributed by atoms with E-state index in [2.05, 4.69) is 69.0 Å². The van der Waals surface area contributed by atoms with E-state index >= 15 is 0 Å². The smallest absolute Gasteiger partial charge is 0.263 e. The number of benzene rings is 2. The highest BCUT2D eigenvalue weighted by atomic mass is 16.5. The Bertz CT molecular complexity index is 927. The van der Waals surface area contributed by atoms with Crippen molar-refractivity contribution in [2.24, 2.45) is 0 Å². The second-order valence-electron chi connectivity index (χ2n) is 5.93. The first kappa shape index (κ1) is 15.3. The molecule has 25 heavy (non-hydrogen) atoms. The lowest BCUT2D eigenvalue weighted by Gasteiger charge is -2.19. The lowest BCUT2D eigenvalue weighted by atomic mass is 9.91. The summed E-state index contributed by atoms with van der Waals surface area (Å²) in [5.41, 5.74) is 3.81. The molecular formula is C20H18N4O. The van der Waals surface area contributed by atoms with Crippen molar-refractivity contribution < 1.29 is 4.52 Å². The Morgan fingerprint density at radius 1 is 0.920 bits per heavy atom. The molecule has 0 amide bonds. The van der Waals surface area contributed by atoms with Crippen LogP contribution in [0.25, 0.3) is 11.1 Å². The third kappa shape index (κ3) is 3.08. The molecule has 0 saturated heterocycles. The second kappa shape index (κ2) is 6.73. The van der Waals surface area contributed by atoms with Gasteiger partial charge >= 0.3 is 0 Å². The Kier molecular flexibility index (Phi) is 4.12. The van der Waals surface area contributed by atoms with Gasteiger partial charge in [0, 0.05) is 12.5 Å². The van der Waals surface area contributed by atoms with Crippen molar-refractivity contribution in [2.45, 2.75) is 12.8 Å². The largest absolute Gasteiger partial charge is 0.368 e. The molecule has 5 nitrogen and oxygen atoms in total. The molecule has 0 unspecified atom stereocenters. The van der Waals surface area contributed by atoms with E-state index in [0.717, 1.165) is 16.9 Å². The lowest BCUT2D eigenvalue weighted by Crippen LogP contribution is -2.15. The fourth-order valence-electron chi connectivity index (χ4n) is 3.05. The summed E-state index contributed by atoms with van der Waals surface area (Å²) in [6.07, 6.45) is 1.50. The molecule has 124 valence electrons. The van der Waals surface area contributed by atoms with Gasteiger partial charge in [-0.15, -0.1) is 0 Å². The number of hydrogen-bond acceptors (Lipinski definition) is 5. The third-order valence-electron chi connectivity index (χ3n) is 4.32. The number of fused-ring (bicyclic) bond motifs is 1. The maximum Gasteiger partial charge on any atom is 0.263 e. The van der Waals surface area contributed by atoms with Gasteiger partial charge in [0.25, 0.3) is 5.71 Å². The van der Waals surface area contributed by atoms with Crippen LogP contribution >= 0.6 is 0 Å². The zero-order chi connectivity index (χ0) is 17.1. The van der Waals surface area contributed by atoms with Crippen LogP contribution in [0.4, 0.5) is 5.82 Å². The van der Waals surface area contributed by atoms with E-state index in [1.807, 2.05) is 19.1 Å². The zero-order valence-electron chi connectivity index (χ0n) is 13.9. The van der Waals surface area contributed by atoms with E-state index in [9.17, 15) is 0 Å². The van der Waals surface area contributed by atoms with Gasteiger partial charge in [-0.05, 0) is 18.1 Å². The first-order valence-electron chi connectivity index (χ1n) is 8.23. The number of nitrogens with zero attached hydrogens (tertiary/aromatic N) is 3. The van der Waals surface area contributed by atoms with Crippen molar-refractivity contribution in [2.75, 3.05) is 11.9 Å². The van der Waals surface area contributed by atoms with Crippen molar-refractivity contribution in [1.82, 2.24) is 15.1 Å². The summed E-state index contributed by atoms with van der Waals surface area (Å²) in [5.74, 6) is 0.966. The first-order valence-corrected chi connectivity index (χ1v) is 8.23. The quantitative estimate of drug-likeness (QED) is 0.595. The molecule has 0 aliphatic heterocycles. The fraction of sp³-hybridized carbons (Fsp3) is 0.150. The average Bonchev–Trinajstić information content (AvgIpc) is 3.06. The highest BCUT2D eigenvalue weighted by Crippen LogP contribution is 2.27. The van der Waals surface area contributed by atoms with Gasteiger partial charge < -0.3 is 9.84 Å². The van der Waals surface area contributed by atoms with E-state index < -0.39 is 0 Å². The van der Waals surface area contributed by atoms with Crippen LogP contribution in [-0.4, -0.2) is 21.7 Å². The number of rotatable bonds is 5. The molecule has 2 aromatic heterocycles. The summed E-state index contributed by atoms with van der Waals surface area (Å²) in [6, 6.07) is 21.0. The predicted molar refractivity (Wildman–Crippen MR) is 97.6 cm³/mol. The molecule has 0 aliphatic rings. The van der Waals surface area contributed by atoms with Gasteiger partial charge in [-0.25, -0.2) is 4.98 Å². The predicted octanol–water partition coefficient (Wildman–Crippen LogP) is 4.17. The van der Waals surface area contributed by atoms with Crippen molar-refractivity contribution in [3.8, 4) is 0 Å². The Labute approximate surface area is 145 Å². The lowest BCUT2D eigenvalue weighted by molar-refractivity contribution is 0.442. The van der Waals surface area contributed by atoms with E-state index in [0.29, 0.717) is 12.3 Å². The van der Waals surface area contributed by atoms with Crippen LogP contribution in [0.1, 0.15) is 22.7 Å². The van der Waals surface area contributed by atoms with Crippen LogP contribution < -0.4 is 5.32 Å². The molecule has 0 aliphatic carbocycles. The molecule has 0 bridgehead atoms. The summed E-state index contributed by atoms with van der Waals surface area (Å²) in [5, 5.41) is 8.28. The maximum atomic E-state index is 5.22. The van der Waals surface area contributed by atoms with E-state index in [1.54, 1.807) is 0 Å². The standard InChI is InChI=1S/C20H18N4O/c1-14-18-19(22-13-23-20(18)25-24-14)21-12-17(15-8-4-2-5-9-15)16-10-6-3-7-11-16/h2-11,13,17H,12H2,1H3,(H,21,22,23). The number of aryl methyl sites for hydroxylation is 1. The van der Waals surface area contributed by atoms with E-state index in [4.69, 9.17) is 4.52 Å². The van der Waals surface area contributed by atoms with Crippen LogP contribution in [0, 0.1) is 6.92 Å². The Morgan fingerprint density at radius 3 is 2.20 bits per heavy atom. The van der Waals surface area contributed by atoms with Gasteiger partial charge in [-0.1, -0.05) is 65.8 Å². The third-order valence-corrected chi connectivity index (χ3v) is 4.32. The summed E-state index contributed by atoms with van der Waals surface area (Å²) < 4.78 is 5.22. The van der Waals surface area contributed by atoms with Gasteiger partial charge in [0.05, 0.1) is 5.69 Å². The van der Waals surface area contributed by atoms with Gasteiger partial charge in [-0.2, -0.15) is 4.98 Å². The monoisotopic (exact) mass is 330 g/mol. The molecule has 4 rings (SSSR count). The molecule has 0 saturated carbocycles. The Balaban J connectivity index is 1.66. The average molecular weight is 330 g/mol. The topological polar surface area (TPSA) is 63.8 Å². The van der Waals surface area contributed by atoms with E-state index in [-0.39, 0.29) is 5.92 Å². The van der Waals surface area contributed by atoms with E-state index in [1.165, 1.54) is 17.5 Å². The molecule has 2 aromatic carbocycles. The van der Waals surface area contributed by atoms with Gasteiger partial charge in [-0.3, -0.25) is 0 Å². The first-order chi connectivity index (χ1) is 12.3. The summed E-state index contributed by atoms with van der Waals surface area (Å²) in [7, 11) is 0. The highest BCUT2D eigenvalue weighted by Gasteiger charge is 2.16. The molecule has 0 spiro atoms. The summed E-state index contributed by atoms with van der Waals surface area (Å²) >= 11 is 0. The molecule has 0 atom stereocenters. The molecule has 0 fully saturated rings. The maximum absolute atomic E-state index is 5.22. The number of hydrogen-bond donors (Lipinski definition) is 1. The number of aromatic nitrogens is 3. The van der Waals surface area contributed by atoms with Gasteiger partial charge in [0.15, 0.2) is 0 Å². The van der Waals surface area contributed by atoms with Crippen LogP contribution in [0.15, 0.2) is 71.5 Å². The molecular weight excluding hydrogens is 312 g/mol. The minimum Gasteiger partial charge on any atom is -0.368 e. The molecule has 1 N–H and O–H groups in total. The van der Waals surface area contributed by atoms with Crippen molar-refractivity contribution in [3.05, 3.63) is 83.8 Å². The van der Waals surface area contributed by atoms with Crippen LogP contribution in [-0.2, 0) is 0 Å². The van der Waals surface area contributed by atoms with Crippen molar-refractivity contribution in [1.29, 1.82) is 0 Å². The molecule has 0 radical (unpaired) electrons. The minimum absolute atomic E-state index is 0.215. The number of nitrogens with one attached hydrogen (secondary N) is 1. The Hall–Kier alpha value is -3.21. The summed E-state index contributed by atoms with van der Waals surface area (Å²) in [4.78, 5) is 8.50. The normalized spacial score (nSPS) is 11.1. The van der Waals surface area contributed by atoms with Crippen molar-refractivity contribution >= 4 is 16.9 Å². The van der Waals surface area contributed by atoms with Gasteiger partial charge in [0.2, 0.25) is 0 Å². The highest BCUT2D eigenvalue weighted by molar-refractivity contribution is 5.87. The van der Waals surface area contributed by atoms with Gasteiger partial charge in [0.1, 0.15) is 17.5 Å². The SMILES string of the molecule is Cc1noc2ncnc(NCC(c3ccccc3)c3ccccc3)c12. The summed E-state index contributed by atoms with van der Waals surface area (Å²) in [6.45, 7) is 2.61. The van der Waals surface area contributed by atoms with Crippen LogP contribution in [0.3, 0.4) is 0 Å².